The van der Waals surface area contributed by atoms with Gasteiger partial charge in [0.2, 0.25) is 0 Å². The van der Waals surface area contributed by atoms with Crippen molar-refractivity contribution in [2.24, 2.45) is 4.99 Å². The molecule has 150 valence electrons. The van der Waals surface area contributed by atoms with Gasteiger partial charge in [0.05, 0.1) is 11.5 Å². The summed E-state index contributed by atoms with van der Waals surface area (Å²) in [5.74, 6) is 1.17. The maximum absolute atomic E-state index is 13.1. The molecule has 0 unspecified atom stereocenters. The van der Waals surface area contributed by atoms with Gasteiger partial charge in [-0.25, -0.2) is 12.8 Å². The smallest absolute Gasteiger partial charge is 0.193 e. The summed E-state index contributed by atoms with van der Waals surface area (Å²) in [5.41, 5.74) is 1.04. The Morgan fingerprint density at radius 1 is 1.07 bits per heavy atom. The third kappa shape index (κ3) is 5.55. The molecule has 0 atom stereocenters. The Morgan fingerprint density at radius 3 is 2.30 bits per heavy atom. The van der Waals surface area contributed by atoms with E-state index in [2.05, 4.69) is 25.0 Å². The lowest BCUT2D eigenvalue weighted by molar-refractivity contribution is 0.296. The standard InChI is InChI=1S/C18H28FN5O2S/c1-20-18(21-6-7-22-12-14-27(25,26)15-13-22)24-10-8-23(9-11-24)17-4-2-16(19)3-5-17/h2-5H,6-15H2,1H3,(H,20,21). The number of hydrogen-bond acceptors (Lipinski definition) is 5. The minimum atomic E-state index is -2.83. The summed E-state index contributed by atoms with van der Waals surface area (Å²) in [6, 6.07) is 6.62. The highest BCUT2D eigenvalue weighted by Gasteiger charge is 2.22. The van der Waals surface area contributed by atoms with E-state index in [1.165, 1.54) is 12.1 Å². The fourth-order valence-electron chi connectivity index (χ4n) is 3.46. The third-order valence-corrected chi connectivity index (χ3v) is 6.74. The number of benzene rings is 1. The summed E-state index contributed by atoms with van der Waals surface area (Å²) in [6.07, 6.45) is 0. The Hall–Kier alpha value is -1.87. The number of piperazine rings is 1. The molecule has 0 saturated carbocycles. The molecule has 0 amide bonds. The van der Waals surface area contributed by atoms with Crippen LogP contribution in [-0.2, 0) is 9.84 Å². The van der Waals surface area contributed by atoms with Crippen molar-refractivity contribution in [3.63, 3.8) is 0 Å². The van der Waals surface area contributed by atoms with Crippen LogP contribution in [0.4, 0.5) is 10.1 Å². The minimum Gasteiger partial charge on any atom is -0.368 e. The Labute approximate surface area is 160 Å². The summed E-state index contributed by atoms with van der Waals surface area (Å²) in [4.78, 5) is 11.0. The summed E-state index contributed by atoms with van der Waals surface area (Å²) >= 11 is 0. The molecule has 1 aromatic rings. The molecular formula is C18H28FN5O2S. The Bertz CT molecular complexity index is 732. The van der Waals surface area contributed by atoms with Crippen LogP contribution in [0.3, 0.4) is 0 Å². The Morgan fingerprint density at radius 2 is 1.70 bits per heavy atom. The van der Waals surface area contributed by atoms with E-state index in [1.54, 1.807) is 7.05 Å². The lowest BCUT2D eigenvalue weighted by atomic mass is 10.2. The number of sulfone groups is 1. The van der Waals surface area contributed by atoms with Crippen LogP contribution in [0, 0.1) is 5.82 Å². The van der Waals surface area contributed by atoms with Gasteiger partial charge >= 0.3 is 0 Å². The van der Waals surface area contributed by atoms with Crippen molar-refractivity contribution in [1.29, 1.82) is 0 Å². The monoisotopic (exact) mass is 397 g/mol. The van der Waals surface area contributed by atoms with Gasteiger partial charge in [-0.3, -0.25) is 9.89 Å². The van der Waals surface area contributed by atoms with Crippen LogP contribution in [0.5, 0.6) is 0 Å². The van der Waals surface area contributed by atoms with Crippen molar-refractivity contribution in [1.82, 2.24) is 15.1 Å². The largest absolute Gasteiger partial charge is 0.368 e. The van der Waals surface area contributed by atoms with Gasteiger partial charge in [-0.2, -0.15) is 0 Å². The van der Waals surface area contributed by atoms with E-state index >= 15 is 0 Å². The second-order valence-corrected chi connectivity index (χ2v) is 9.22. The molecule has 1 aromatic carbocycles. The Balaban J connectivity index is 1.42. The lowest BCUT2D eigenvalue weighted by Gasteiger charge is -2.38. The first kappa shape index (κ1) is 19.9. The predicted molar refractivity (Wildman–Crippen MR) is 107 cm³/mol. The number of rotatable bonds is 4. The van der Waals surface area contributed by atoms with Gasteiger partial charge in [0, 0.05) is 65.1 Å². The average Bonchev–Trinajstić information content (AvgIpc) is 2.67. The van der Waals surface area contributed by atoms with Crippen molar-refractivity contribution < 1.29 is 12.8 Å². The fourth-order valence-corrected chi connectivity index (χ4v) is 4.74. The number of halogens is 1. The highest BCUT2D eigenvalue weighted by Crippen LogP contribution is 2.16. The zero-order valence-corrected chi connectivity index (χ0v) is 16.6. The number of aliphatic imine (C=N–C) groups is 1. The van der Waals surface area contributed by atoms with E-state index in [9.17, 15) is 12.8 Å². The van der Waals surface area contributed by atoms with Crippen molar-refractivity contribution in [3.8, 4) is 0 Å². The molecule has 3 rings (SSSR count). The van der Waals surface area contributed by atoms with Gasteiger partial charge in [-0.05, 0) is 24.3 Å². The van der Waals surface area contributed by atoms with E-state index in [-0.39, 0.29) is 17.3 Å². The van der Waals surface area contributed by atoms with Crippen LogP contribution in [-0.4, -0.2) is 95.1 Å². The average molecular weight is 398 g/mol. The third-order valence-electron chi connectivity index (χ3n) is 5.13. The first-order valence-electron chi connectivity index (χ1n) is 9.36. The maximum Gasteiger partial charge on any atom is 0.193 e. The first-order chi connectivity index (χ1) is 13.0. The van der Waals surface area contributed by atoms with E-state index in [0.29, 0.717) is 13.1 Å². The van der Waals surface area contributed by atoms with Crippen molar-refractivity contribution in [3.05, 3.63) is 30.1 Å². The number of nitrogens with one attached hydrogen (secondary N) is 1. The molecule has 2 aliphatic rings. The molecule has 0 radical (unpaired) electrons. The van der Waals surface area contributed by atoms with Crippen LogP contribution >= 0.6 is 0 Å². The van der Waals surface area contributed by atoms with E-state index in [1.807, 2.05) is 12.1 Å². The molecule has 0 bridgehead atoms. The van der Waals surface area contributed by atoms with E-state index in [4.69, 9.17) is 0 Å². The molecule has 2 aliphatic heterocycles. The lowest BCUT2D eigenvalue weighted by Crippen LogP contribution is -2.53. The van der Waals surface area contributed by atoms with Gasteiger partial charge in [0.15, 0.2) is 15.8 Å². The van der Waals surface area contributed by atoms with Crippen LogP contribution in [0.15, 0.2) is 29.3 Å². The SMILES string of the molecule is CN=C(NCCN1CCS(=O)(=O)CC1)N1CCN(c2ccc(F)cc2)CC1. The normalized spacial score (nSPS) is 21.3. The summed E-state index contributed by atoms with van der Waals surface area (Å²) in [7, 11) is -1.05. The zero-order chi connectivity index (χ0) is 19.3. The van der Waals surface area contributed by atoms with Crippen LogP contribution < -0.4 is 10.2 Å². The van der Waals surface area contributed by atoms with Crippen LogP contribution in [0.25, 0.3) is 0 Å². The first-order valence-corrected chi connectivity index (χ1v) is 11.2. The molecule has 0 spiro atoms. The molecule has 7 nitrogen and oxygen atoms in total. The fraction of sp³-hybridized carbons (Fsp3) is 0.611. The number of nitrogens with zero attached hydrogens (tertiary/aromatic N) is 4. The minimum absolute atomic E-state index is 0.215. The van der Waals surface area contributed by atoms with Gasteiger partial charge in [0.1, 0.15) is 5.82 Å². The van der Waals surface area contributed by atoms with Crippen LogP contribution in [0.2, 0.25) is 0 Å². The summed E-state index contributed by atoms with van der Waals surface area (Å²) in [5, 5.41) is 3.39. The molecule has 27 heavy (non-hydrogen) atoms. The van der Waals surface area contributed by atoms with Crippen molar-refractivity contribution >= 4 is 21.5 Å². The molecule has 2 heterocycles. The van der Waals surface area contributed by atoms with Gasteiger partial charge in [-0.15, -0.1) is 0 Å². The van der Waals surface area contributed by atoms with E-state index in [0.717, 1.165) is 50.9 Å². The molecule has 0 aliphatic carbocycles. The van der Waals surface area contributed by atoms with Gasteiger partial charge < -0.3 is 15.1 Å². The molecule has 2 saturated heterocycles. The summed E-state index contributed by atoms with van der Waals surface area (Å²) in [6.45, 7) is 6.18. The highest BCUT2D eigenvalue weighted by atomic mass is 32.2. The maximum atomic E-state index is 13.1. The summed E-state index contributed by atoms with van der Waals surface area (Å²) < 4.78 is 36.0. The molecular weight excluding hydrogens is 369 g/mol. The van der Waals surface area contributed by atoms with Gasteiger partial charge in [0.25, 0.3) is 0 Å². The van der Waals surface area contributed by atoms with Crippen molar-refractivity contribution in [2.75, 3.05) is 75.8 Å². The molecule has 9 heteroatoms. The zero-order valence-electron chi connectivity index (χ0n) is 15.8. The topological polar surface area (TPSA) is 68.2 Å². The predicted octanol–water partition coefficient (Wildman–Crippen LogP) is 0.254. The highest BCUT2D eigenvalue weighted by molar-refractivity contribution is 7.91. The quantitative estimate of drug-likeness (QED) is 0.581. The van der Waals surface area contributed by atoms with Crippen LogP contribution in [0.1, 0.15) is 0 Å². The Kier molecular flexibility index (Phi) is 6.54. The molecule has 2 fully saturated rings. The second-order valence-electron chi connectivity index (χ2n) is 6.92. The molecule has 1 N–H and O–H groups in total. The molecule has 0 aromatic heterocycles. The second kappa shape index (κ2) is 8.88. The van der Waals surface area contributed by atoms with Crippen molar-refractivity contribution in [2.45, 2.75) is 0 Å². The number of anilines is 1. The number of guanidine groups is 1. The van der Waals surface area contributed by atoms with Gasteiger partial charge in [-0.1, -0.05) is 0 Å². The van der Waals surface area contributed by atoms with E-state index < -0.39 is 9.84 Å². The number of hydrogen-bond donors (Lipinski definition) is 1.